The molecule has 0 spiro atoms. The Labute approximate surface area is 160 Å². The Balaban J connectivity index is 1.87. The van der Waals surface area contributed by atoms with E-state index in [2.05, 4.69) is 10.1 Å². The van der Waals surface area contributed by atoms with Crippen LogP contribution in [0.25, 0.3) is 5.57 Å². The number of aldehydes is 1. The molecule has 0 fully saturated rings. The van der Waals surface area contributed by atoms with Crippen molar-refractivity contribution in [3.05, 3.63) is 41.5 Å². The molecule has 0 N–H and O–H groups in total. The van der Waals surface area contributed by atoms with Crippen molar-refractivity contribution < 1.29 is 27.4 Å². The van der Waals surface area contributed by atoms with Crippen LogP contribution in [0.15, 0.2) is 30.2 Å². The summed E-state index contributed by atoms with van der Waals surface area (Å²) in [6, 6.07) is 1.59. The zero-order valence-corrected chi connectivity index (χ0v) is 15.3. The number of alkyl halides is 3. The molecule has 0 aromatic carbocycles. The van der Waals surface area contributed by atoms with Crippen molar-refractivity contribution in [2.45, 2.75) is 38.4 Å². The van der Waals surface area contributed by atoms with Crippen molar-refractivity contribution in [3.63, 3.8) is 0 Å². The third kappa shape index (κ3) is 4.52. The van der Waals surface area contributed by atoms with E-state index in [9.17, 15) is 18.0 Å². The lowest BCUT2D eigenvalue weighted by Gasteiger charge is -2.22. The fourth-order valence-corrected chi connectivity index (χ4v) is 3.31. The molecule has 2 heterocycles. The molecule has 28 heavy (non-hydrogen) atoms. The Morgan fingerprint density at radius 2 is 1.96 bits per heavy atom. The minimum atomic E-state index is -4.35. The van der Waals surface area contributed by atoms with E-state index in [1.165, 1.54) is 25.7 Å². The molecule has 6 nitrogen and oxygen atoms in total. The van der Waals surface area contributed by atoms with Crippen molar-refractivity contribution in [1.29, 1.82) is 0 Å². The number of rotatable bonds is 7. The van der Waals surface area contributed by atoms with Crippen LogP contribution < -0.4 is 9.47 Å². The summed E-state index contributed by atoms with van der Waals surface area (Å²) in [7, 11) is 1.43. The topological polar surface area (TPSA) is 66.2 Å². The molecule has 0 unspecified atom stereocenters. The first kappa shape index (κ1) is 19.9. The van der Waals surface area contributed by atoms with Gasteiger partial charge in [0.05, 0.1) is 25.2 Å². The van der Waals surface area contributed by atoms with Crippen LogP contribution in [0, 0.1) is 0 Å². The van der Waals surface area contributed by atoms with E-state index in [1.54, 1.807) is 6.07 Å². The van der Waals surface area contributed by atoms with Gasteiger partial charge >= 0.3 is 6.18 Å². The number of halogens is 3. The quantitative estimate of drug-likeness (QED) is 0.662. The molecule has 0 saturated heterocycles. The number of ether oxygens (including phenoxy) is 2. The second-order valence-corrected chi connectivity index (χ2v) is 6.44. The van der Waals surface area contributed by atoms with E-state index in [4.69, 9.17) is 9.47 Å². The lowest BCUT2D eigenvalue weighted by molar-refractivity contribution is -0.142. The van der Waals surface area contributed by atoms with E-state index in [0.29, 0.717) is 30.6 Å². The summed E-state index contributed by atoms with van der Waals surface area (Å²) in [6.45, 7) is -0.982. The highest BCUT2D eigenvalue weighted by atomic mass is 19.4. The second-order valence-electron chi connectivity index (χ2n) is 6.44. The number of allylic oxidation sites excluding steroid dienone is 1. The third-order valence-electron chi connectivity index (χ3n) is 4.59. The van der Waals surface area contributed by atoms with Crippen LogP contribution in [0.1, 0.15) is 41.7 Å². The maximum absolute atomic E-state index is 12.8. The SMILES string of the molecule is COc1cncc(OCC2=C(c3ccnn3CC(F)(F)F)CCCC2)c1C=O. The van der Waals surface area contributed by atoms with Crippen molar-refractivity contribution in [1.82, 2.24) is 14.8 Å². The molecular formula is C19H20F3N3O3. The molecule has 0 radical (unpaired) electrons. The molecule has 0 atom stereocenters. The van der Waals surface area contributed by atoms with Crippen LogP contribution >= 0.6 is 0 Å². The highest BCUT2D eigenvalue weighted by Gasteiger charge is 2.30. The molecule has 1 aliphatic rings. The number of hydrogen-bond acceptors (Lipinski definition) is 5. The number of nitrogens with zero attached hydrogens (tertiary/aromatic N) is 3. The van der Waals surface area contributed by atoms with Gasteiger partial charge in [0.25, 0.3) is 0 Å². The molecule has 9 heteroatoms. The van der Waals surface area contributed by atoms with Gasteiger partial charge in [0.2, 0.25) is 0 Å². The predicted octanol–water partition coefficient (Wildman–Crippen LogP) is 4.07. The number of methoxy groups -OCH3 is 1. The predicted molar refractivity (Wildman–Crippen MR) is 95.3 cm³/mol. The molecular weight excluding hydrogens is 375 g/mol. The zero-order chi connectivity index (χ0) is 20.1. The number of pyridine rings is 1. The van der Waals surface area contributed by atoms with E-state index >= 15 is 0 Å². The highest BCUT2D eigenvalue weighted by molar-refractivity contribution is 5.83. The maximum atomic E-state index is 12.8. The molecule has 150 valence electrons. The van der Waals surface area contributed by atoms with Gasteiger partial charge in [0.1, 0.15) is 18.7 Å². The molecule has 0 aliphatic heterocycles. The molecule has 1 aliphatic carbocycles. The molecule has 2 aromatic heterocycles. The number of hydrogen-bond donors (Lipinski definition) is 0. The average Bonchev–Trinajstić information content (AvgIpc) is 3.12. The lowest BCUT2D eigenvalue weighted by atomic mass is 9.90. The van der Waals surface area contributed by atoms with Crippen LogP contribution in [-0.2, 0) is 6.54 Å². The summed E-state index contributed by atoms with van der Waals surface area (Å²) >= 11 is 0. The summed E-state index contributed by atoms with van der Waals surface area (Å²) in [4.78, 5) is 15.4. The highest BCUT2D eigenvalue weighted by Crippen LogP contribution is 2.34. The Kier molecular flexibility index (Phi) is 6.01. The second kappa shape index (κ2) is 8.45. The minimum absolute atomic E-state index is 0.155. The number of aromatic nitrogens is 3. The summed E-state index contributed by atoms with van der Waals surface area (Å²) in [5, 5.41) is 3.83. The molecule has 3 rings (SSSR count). The van der Waals surface area contributed by atoms with Gasteiger partial charge in [-0.25, -0.2) is 0 Å². The normalized spacial score (nSPS) is 14.9. The number of carbonyl (C=O) groups is 1. The van der Waals surface area contributed by atoms with Gasteiger partial charge in [-0.1, -0.05) is 0 Å². The maximum Gasteiger partial charge on any atom is 0.408 e. The van der Waals surface area contributed by atoms with Gasteiger partial charge in [-0.3, -0.25) is 14.5 Å². The first-order chi connectivity index (χ1) is 13.4. The Morgan fingerprint density at radius 3 is 2.68 bits per heavy atom. The molecule has 0 bridgehead atoms. The van der Waals surface area contributed by atoms with E-state index in [0.717, 1.165) is 28.7 Å². The van der Waals surface area contributed by atoms with Crippen LogP contribution in [0.2, 0.25) is 0 Å². The van der Waals surface area contributed by atoms with Crippen LogP contribution in [0.4, 0.5) is 13.2 Å². The van der Waals surface area contributed by atoms with Gasteiger partial charge in [-0.15, -0.1) is 0 Å². The first-order valence-electron chi connectivity index (χ1n) is 8.82. The fraction of sp³-hybridized carbons (Fsp3) is 0.421. The summed E-state index contributed by atoms with van der Waals surface area (Å²) < 4.78 is 50.4. The van der Waals surface area contributed by atoms with Crippen LogP contribution in [0.5, 0.6) is 11.5 Å². The Hall–Kier alpha value is -2.84. The largest absolute Gasteiger partial charge is 0.494 e. The monoisotopic (exact) mass is 395 g/mol. The standard InChI is InChI=1S/C19H20F3N3O3/c1-27-17-8-23-9-18(15(17)10-26)28-11-13-4-2-3-5-14(13)16-6-7-24-25(16)12-19(20,21)22/h6-10H,2-5,11-12H2,1H3. The van der Waals surface area contributed by atoms with Crippen molar-refractivity contribution in [2.75, 3.05) is 13.7 Å². The lowest BCUT2D eigenvalue weighted by Crippen LogP contribution is -2.21. The summed E-state index contributed by atoms with van der Waals surface area (Å²) in [5.41, 5.74) is 2.42. The van der Waals surface area contributed by atoms with Gasteiger partial charge < -0.3 is 9.47 Å². The third-order valence-corrected chi connectivity index (χ3v) is 4.59. The number of carbonyl (C=O) groups excluding carboxylic acids is 1. The summed E-state index contributed by atoms with van der Waals surface area (Å²) in [5.74, 6) is 0.573. The molecule has 0 amide bonds. The average molecular weight is 395 g/mol. The Bertz CT molecular complexity index is 875. The summed E-state index contributed by atoms with van der Waals surface area (Å²) in [6.07, 6.45) is 3.66. The van der Waals surface area contributed by atoms with Crippen molar-refractivity contribution in [3.8, 4) is 11.5 Å². The van der Waals surface area contributed by atoms with Gasteiger partial charge in [-0.2, -0.15) is 18.3 Å². The first-order valence-corrected chi connectivity index (χ1v) is 8.82. The smallest absolute Gasteiger partial charge is 0.408 e. The van der Waals surface area contributed by atoms with Gasteiger partial charge in [0.15, 0.2) is 17.8 Å². The van der Waals surface area contributed by atoms with Crippen molar-refractivity contribution in [2.24, 2.45) is 0 Å². The van der Waals surface area contributed by atoms with Crippen LogP contribution in [-0.4, -0.2) is 40.9 Å². The van der Waals surface area contributed by atoms with Gasteiger partial charge in [-0.05, 0) is 42.9 Å². The van der Waals surface area contributed by atoms with E-state index in [-0.39, 0.29) is 17.9 Å². The van der Waals surface area contributed by atoms with E-state index < -0.39 is 12.7 Å². The van der Waals surface area contributed by atoms with Crippen molar-refractivity contribution >= 4 is 11.9 Å². The zero-order valence-electron chi connectivity index (χ0n) is 15.3. The molecule has 0 saturated carbocycles. The van der Waals surface area contributed by atoms with Crippen LogP contribution in [0.3, 0.4) is 0 Å². The van der Waals surface area contributed by atoms with Gasteiger partial charge in [0, 0.05) is 6.20 Å². The fourth-order valence-electron chi connectivity index (χ4n) is 3.31. The van der Waals surface area contributed by atoms with E-state index in [1.807, 2.05) is 0 Å². The minimum Gasteiger partial charge on any atom is -0.494 e. The molecule has 2 aromatic rings. The Morgan fingerprint density at radius 1 is 1.21 bits per heavy atom.